The minimum Gasteiger partial charge on any atom is -0.289 e. The summed E-state index contributed by atoms with van der Waals surface area (Å²) >= 11 is 0. The van der Waals surface area contributed by atoms with E-state index in [4.69, 9.17) is 0 Å². The number of anilines is 1. The molecule has 0 saturated heterocycles. The highest BCUT2D eigenvalue weighted by atomic mass is 16.1. The molecule has 29 heavy (non-hydrogen) atoms. The summed E-state index contributed by atoms with van der Waals surface area (Å²) in [6, 6.07) is 19.9. The molecule has 5 rings (SSSR count). The van der Waals surface area contributed by atoms with E-state index in [1.165, 1.54) is 6.33 Å². The van der Waals surface area contributed by atoms with Crippen LogP contribution in [0.15, 0.2) is 78.2 Å². The van der Waals surface area contributed by atoms with Gasteiger partial charge in [0.25, 0.3) is 0 Å². The maximum Gasteiger partial charge on any atom is 0.196 e. The molecular formula is C23H14N4O2. The van der Waals surface area contributed by atoms with Gasteiger partial charge >= 0.3 is 0 Å². The van der Waals surface area contributed by atoms with Crippen molar-refractivity contribution in [3.05, 3.63) is 101 Å². The maximum atomic E-state index is 13.1. The number of benzene rings is 3. The fourth-order valence-corrected chi connectivity index (χ4v) is 3.50. The summed E-state index contributed by atoms with van der Waals surface area (Å²) < 4.78 is 0. The molecular weight excluding hydrogens is 364 g/mol. The highest BCUT2D eigenvalue weighted by Gasteiger charge is 2.31. The van der Waals surface area contributed by atoms with E-state index < -0.39 is 0 Å². The Labute approximate surface area is 165 Å². The topological polar surface area (TPSA) is 84.3 Å². The number of fused-ring (bicyclic) bond motifs is 4. The first-order chi connectivity index (χ1) is 14.2. The van der Waals surface area contributed by atoms with Crippen LogP contribution in [0.4, 0.5) is 5.82 Å². The fourth-order valence-electron chi connectivity index (χ4n) is 3.50. The van der Waals surface area contributed by atoms with Crippen molar-refractivity contribution in [2.24, 2.45) is 5.10 Å². The van der Waals surface area contributed by atoms with Crippen LogP contribution in [0.25, 0.3) is 10.9 Å². The molecule has 0 radical (unpaired) electrons. The molecule has 1 aromatic heterocycles. The maximum absolute atomic E-state index is 13.1. The van der Waals surface area contributed by atoms with E-state index >= 15 is 0 Å². The molecule has 1 aliphatic rings. The van der Waals surface area contributed by atoms with E-state index in [9.17, 15) is 9.59 Å². The summed E-state index contributed by atoms with van der Waals surface area (Å²) in [7, 11) is 0. The van der Waals surface area contributed by atoms with Crippen molar-refractivity contribution in [1.82, 2.24) is 9.97 Å². The van der Waals surface area contributed by atoms with Gasteiger partial charge in [0.2, 0.25) is 0 Å². The molecule has 138 valence electrons. The lowest BCUT2D eigenvalue weighted by Crippen LogP contribution is -2.21. The molecule has 6 heteroatoms. The van der Waals surface area contributed by atoms with Gasteiger partial charge in [-0.3, -0.25) is 15.0 Å². The summed E-state index contributed by atoms with van der Waals surface area (Å²) in [6.45, 7) is 0. The zero-order chi connectivity index (χ0) is 19.8. The van der Waals surface area contributed by atoms with Gasteiger partial charge in [0.05, 0.1) is 17.3 Å². The van der Waals surface area contributed by atoms with Crippen LogP contribution in [0.3, 0.4) is 0 Å². The quantitative estimate of drug-likeness (QED) is 0.381. The van der Waals surface area contributed by atoms with Crippen molar-refractivity contribution in [2.75, 3.05) is 5.43 Å². The lowest BCUT2D eigenvalue weighted by molar-refractivity contribution is 0.0980. The van der Waals surface area contributed by atoms with Crippen molar-refractivity contribution in [2.45, 2.75) is 0 Å². The third kappa shape index (κ3) is 2.78. The first kappa shape index (κ1) is 16.9. The van der Waals surface area contributed by atoms with Crippen LogP contribution >= 0.6 is 0 Å². The third-order valence-corrected chi connectivity index (χ3v) is 4.88. The van der Waals surface area contributed by atoms with Crippen molar-refractivity contribution in [1.29, 1.82) is 0 Å². The van der Waals surface area contributed by atoms with Gasteiger partial charge in [-0.15, -0.1) is 0 Å². The second-order valence-corrected chi connectivity index (χ2v) is 6.59. The Morgan fingerprint density at radius 3 is 2.28 bits per heavy atom. The van der Waals surface area contributed by atoms with E-state index in [2.05, 4.69) is 20.5 Å². The Morgan fingerprint density at radius 2 is 1.48 bits per heavy atom. The number of aromatic nitrogens is 2. The number of ketones is 2. The van der Waals surface area contributed by atoms with Gasteiger partial charge in [0, 0.05) is 22.1 Å². The van der Waals surface area contributed by atoms with Crippen molar-refractivity contribution in [3.63, 3.8) is 0 Å². The molecule has 3 aromatic carbocycles. The molecule has 0 fully saturated rings. The van der Waals surface area contributed by atoms with Crippen LogP contribution in [0, 0.1) is 0 Å². The van der Waals surface area contributed by atoms with E-state index in [0.717, 1.165) is 5.56 Å². The SMILES string of the molecule is O=C1c2ccccc2C(=O)c2c1ccc1c(N/N=C/c3ccccc3)ncnc21. The van der Waals surface area contributed by atoms with E-state index in [1.807, 2.05) is 30.3 Å². The van der Waals surface area contributed by atoms with Gasteiger partial charge in [-0.25, -0.2) is 9.97 Å². The fraction of sp³-hybridized carbons (Fsp3) is 0. The van der Waals surface area contributed by atoms with Crippen molar-refractivity contribution >= 4 is 34.5 Å². The molecule has 0 bridgehead atoms. The van der Waals surface area contributed by atoms with E-state index in [1.54, 1.807) is 42.6 Å². The van der Waals surface area contributed by atoms with Crippen LogP contribution < -0.4 is 5.43 Å². The van der Waals surface area contributed by atoms with Crippen molar-refractivity contribution in [3.8, 4) is 0 Å². The largest absolute Gasteiger partial charge is 0.289 e. The number of hydrogen-bond acceptors (Lipinski definition) is 6. The molecule has 1 heterocycles. The smallest absolute Gasteiger partial charge is 0.196 e. The monoisotopic (exact) mass is 378 g/mol. The molecule has 4 aromatic rings. The third-order valence-electron chi connectivity index (χ3n) is 4.88. The predicted octanol–water partition coefficient (Wildman–Crippen LogP) is 3.85. The number of rotatable bonds is 3. The zero-order valence-corrected chi connectivity index (χ0v) is 15.2. The van der Waals surface area contributed by atoms with E-state index in [0.29, 0.717) is 39.0 Å². The first-order valence-electron chi connectivity index (χ1n) is 9.04. The number of nitrogens with zero attached hydrogens (tertiary/aromatic N) is 3. The molecule has 1 N–H and O–H groups in total. The van der Waals surface area contributed by atoms with Gasteiger partial charge in [-0.2, -0.15) is 5.10 Å². The molecule has 0 amide bonds. The van der Waals surface area contributed by atoms with Crippen molar-refractivity contribution < 1.29 is 9.59 Å². The standard InChI is InChI=1S/C23H14N4O2/c28-21-15-8-4-5-9-16(15)22(29)19-17(21)10-11-18-20(19)24-13-25-23(18)27-26-12-14-6-2-1-3-7-14/h1-13H,(H,24,25,27)/b26-12+. The first-order valence-corrected chi connectivity index (χ1v) is 9.04. The van der Waals surface area contributed by atoms with E-state index in [-0.39, 0.29) is 11.6 Å². The zero-order valence-electron chi connectivity index (χ0n) is 15.2. The Morgan fingerprint density at radius 1 is 0.759 bits per heavy atom. The van der Waals surface area contributed by atoms with Crippen LogP contribution in [-0.4, -0.2) is 27.7 Å². The number of carbonyl (C=O) groups excluding carboxylic acids is 2. The molecule has 6 nitrogen and oxygen atoms in total. The van der Waals surface area contributed by atoms with Gasteiger partial charge in [0.15, 0.2) is 17.4 Å². The summed E-state index contributed by atoms with van der Waals surface area (Å²) in [5.41, 5.74) is 5.77. The van der Waals surface area contributed by atoms with Crippen LogP contribution in [0.5, 0.6) is 0 Å². The van der Waals surface area contributed by atoms with Gasteiger partial charge < -0.3 is 0 Å². The molecule has 0 saturated carbocycles. The molecule has 1 aliphatic carbocycles. The Balaban J connectivity index is 1.59. The molecule has 0 aliphatic heterocycles. The second-order valence-electron chi connectivity index (χ2n) is 6.59. The Kier molecular flexibility index (Phi) is 3.95. The second kappa shape index (κ2) is 6.76. The Hall–Kier alpha value is -4.19. The van der Waals surface area contributed by atoms with Crippen LogP contribution in [-0.2, 0) is 0 Å². The lowest BCUT2D eigenvalue weighted by atomic mass is 9.83. The summed E-state index contributed by atoms with van der Waals surface area (Å²) in [5, 5.41) is 4.85. The molecule has 0 spiro atoms. The number of hydrazone groups is 1. The average molecular weight is 378 g/mol. The highest BCUT2D eigenvalue weighted by Crippen LogP contribution is 2.33. The minimum absolute atomic E-state index is 0.174. The minimum atomic E-state index is -0.210. The van der Waals surface area contributed by atoms with Gasteiger partial charge in [0.1, 0.15) is 6.33 Å². The normalized spacial score (nSPS) is 12.8. The Bertz CT molecular complexity index is 1310. The van der Waals surface area contributed by atoms with Crippen LogP contribution in [0.1, 0.15) is 37.4 Å². The van der Waals surface area contributed by atoms with Gasteiger partial charge in [-0.05, 0) is 17.7 Å². The predicted molar refractivity (Wildman–Crippen MR) is 111 cm³/mol. The molecule has 0 atom stereocenters. The summed E-state index contributed by atoms with van der Waals surface area (Å²) in [4.78, 5) is 34.5. The molecule has 0 unspecified atom stereocenters. The number of hydrogen-bond donors (Lipinski definition) is 1. The summed E-state index contributed by atoms with van der Waals surface area (Å²) in [5.74, 6) is 0.0784. The highest BCUT2D eigenvalue weighted by molar-refractivity contribution is 6.32. The number of nitrogens with one attached hydrogen (secondary N) is 1. The average Bonchev–Trinajstić information content (AvgIpc) is 2.77. The number of carbonyl (C=O) groups is 2. The lowest BCUT2D eigenvalue weighted by Gasteiger charge is -2.18. The van der Waals surface area contributed by atoms with Crippen LogP contribution in [0.2, 0.25) is 0 Å². The van der Waals surface area contributed by atoms with Gasteiger partial charge in [-0.1, -0.05) is 54.6 Å². The summed E-state index contributed by atoms with van der Waals surface area (Å²) in [6.07, 6.45) is 3.04.